The molecule has 3 N–H and O–H groups in total. The average Bonchev–Trinajstić information content (AvgIpc) is 2.82. The van der Waals surface area contributed by atoms with Gasteiger partial charge in [0.05, 0.1) is 0 Å². The Balaban J connectivity index is 2.15. The van der Waals surface area contributed by atoms with Crippen LogP contribution in [0.2, 0.25) is 0 Å². The third-order valence-electron chi connectivity index (χ3n) is 2.93. The van der Waals surface area contributed by atoms with Gasteiger partial charge in [-0.05, 0) is 41.5 Å². The largest absolute Gasteiger partial charge is 0.480 e. The highest BCUT2D eigenvalue weighted by Crippen LogP contribution is 2.26. The second-order valence-corrected chi connectivity index (χ2v) is 5.68. The van der Waals surface area contributed by atoms with Crippen molar-refractivity contribution in [2.24, 2.45) is 0 Å². The van der Waals surface area contributed by atoms with Crippen molar-refractivity contribution in [2.45, 2.75) is 19.4 Å². The molecule has 1 heterocycles. The van der Waals surface area contributed by atoms with Crippen molar-refractivity contribution in [3.8, 4) is 0 Å². The van der Waals surface area contributed by atoms with Gasteiger partial charge in [-0.2, -0.15) is 0 Å². The minimum absolute atomic E-state index is 0.374. The highest BCUT2D eigenvalue weighted by Gasteiger charge is 2.20. The second kappa shape index (κ2) is 6.67. The molecule has 0 amide bonds. The summed E-state index contributed by atoms with van der Waals surface area (Å²) in [5.74, 6) is -0.902. The fourth-order valence-electron chi connectivity index (χ4n) is 1.98. The van der Waals surface area contributed by atoms with E-state index in [0.29, 0.717) is 18.1 Å². The van der Waals surface area contributed by atoms with Crippen LogP contribution in [0.1, 0.15) is 12.5 Å². The molecule has 2 aromatic rings. The molecular formula is C14H16N2O2S2. The van der Waals surface area contributed by atoms with Crippen LogP contribution in [0.4, 0.5) is 0 Å². The van der Waals surface area contributed by atoms with Gasteiger partial charge in [-0.1, -0.05) is 18.2 Å². The molecule has 6 heteroatoms. The van der Waals surface area contributed by atoms with Crippen LogP contribution in [0.3, 0.4) is 0 Å². The van der Waals surface area contributed by atoms with Crippen LogP contribution in [-0.2, 0) is 11.2 Å². The van der Waals surface area contributed by atoms with Crippen molar-refractivity contribution >= 4 is 44.7 Å². The summed E-state index contributed by atoms with van der Waals surface area (Å²) in [5.41, 5.74) is 1.03. The van der Waals surface area contributed by atoms with Crippen LogP contribution in [0.25, 0.3) is 10.1 Å². The maximum atomic E-state index is 11.4. The van der Waals surface area contributed by atoms with E-state index < -0.39 is 12.0 Å². The molecule has 4 nitrogen and oxygen atoms in total. The molecule has 0 aliphatic carbocycles. The zero-order valence-electron chi connectivity index (χ0n) is 11.1. The number of carbonyl (C=O) groups is 1. The number of thiophene rings is 1. The fraction of sp³-hybridized carbons (Fsp3) is 0.286. The van der Waals surface area contributed by atoms with Crippen molar-refractivity contribution in [3.05, 3.63) is 35.2 Å². The van der Waals surface area contributed by atoms with Gasteiger partial charge in [0.2, 0.25) is 0 Å². The van der Waals surface area contributed by atoms with Crippen molar-refractivity contribution in [3.63, 3.8) is 0 Å². The Labute approximate surface area is 126 Å². The van der Waals surface area contributed by atoms with Gasteiger partial charge in [0, 0.05) is 17.7 Å². The van der Waals surface area contributed by atoms with Gasteiger partial charge < -0.3 is 15.7 Å². The van der Waals surface area contributed by atoms with Crippen LogP contribution in [0.15, 0.2) is 29.6 Å². The number of hydrogen-bond acceptors (Lipinski definition) is 3. The SMILES string of the molecule is CCNC(=S)NC(Cc1csc2ccccc12)C(=O)O. The normalized spacial score (nSPS) is 12.1. The number of carboxylic acid groups (broad SMARTS) is 1. The summed E-state index contributed by atoms with van der Waals surface area (Å²) in [6, 6.07) is 7.28. The summed E-state index contributed by atoms with van der Waals surface area (Å²) in [6.45, 7) is 2.58. The van der Waals surface area contributed by atoms with Crippen molar-refractivity contribution < 1.29 is 9.90 Å². The Hall–Kier alpha value is -1.66. The van der Waals surface area contributed by atoms with E-state index in [2.05, 4.69) is 10.6 Å². The van der Waals surface area contributed by atoms with Crippen LogP contribution < -0.4 is 10.6 Å². The molecule has 0 spiro atoms. The highest BCUT2D eigenvalue weighted by molar-refractivity contribution is 7.80. The zero-order valence-corrected chi connectivity index (χ0v) is 12.7. The molecule has 20 heavy (non-hydrogen) atoms. The summed E-state index contributed by atoms with van der Waals surface area (Å²) in [6.07, 6.45) is 0.408. The van der Waals surface area contributed by atoms with Crippen molar-refractivity contribution in [1.29, 1.82) is 0 Å². The van der Waals surface area contributed by atoms with E-state index in [9.17, 15) is 9.90 Å². The van der Waals surface area contributed by atoms with Gasteiger partial charge in [-0.25, -0.2) is 4.79 Å². The Morgan fingerprint density at radius 1 is 1.45 bits per heavy atom. The van der Waals surface area contributed by atoms with Gasteiger partial charge in [0.15, 0.2) is 5.11 Å². The minimum Gasteiger partial charge on any atom is -0.480 e. The Kier molecular flexibility index (Phi) is 4.92. The van der Waals surface area contributed by atoms with E-state index >= 15 is 0 Å². The third-order valence-corrected chi connectivity index (χ3v) is 4.20. The number of thiocarbonyl (C=S) groups is 1. The quantitative estimate of drug-likeness (QED) is 0.740. The fourth-order valence-corrected chi connectivity index (χ4v) is 3.24. The van der Waals surface area contributed by atoms with E-state index in [1.165, 1.54) is 4.70 Å². The summed E-state index contributed by atoms with van der Waals surface area (Å²) in [5, 5.41) is 18.6. The third kappa shape index (κ3) is 3.46. The van der Waals surface area contributed by atoms with E-state index in [-0.39, 0.29) is 0 Å². The molecule has 1 atom stereocenters. The summed E-state index contributed by atoms with van der Waals surface area (Å²) in [7, 11) is 0. The van der Waals surface area contributed by atoms with Crippen LogP contribution >= 0.6 is 23.6 Å². The molecule has 1 aromatic carbocycles. The molecule has 0 aliphatic heterocycles. The lowest BCUT2D eigenvalue weighted by molar-refractivity contribution is -0.139. The number of aliphatic carboxylic acids is 1. The first-order valence-electron chi connectivity index (χ1n) is 6.34. The maximum Gasteiger partial charge on any atom is 0.326 e. The maximum absolute atomic E-state index is 11.4. The number of rotatable bonds is 5. The van der Waals surface area contributed by atoms with Gasteiger partial charge in [-0.3, -0.25) is 0 Å². The summed E-state index contributed by atoms with van der Waals surface area (Å²) >= 11 is 6.68. The first-order chi connectivity index (χ1) is 9.61. The number of hydrogen-bond donors (Lipinski definition) is 3. The molecule has 1 aromatic heterocycles. The molecule has 0 saturated heterocycles. The predicted molar refractivity (Wildman–Crippen MR) is 86.4 cm³/mol. The molecular weight excluding hydrogens is 292 g/mol. The zero-order chi connectivity index (χ0) is 14.5. The van der Waals surface area contributed by atoms with Crippen LogP contribution in [0, 0.1) is 0 Å². The van der Waals surface area contributed by atoms with Crippen molar-refractivity contribution in [1.82, 2.24) is 10.6 Å². The smallest absolute Gasteiger partial charge is 0.326 e. The van der Waals surface area contributed by atoms with E-state index in [1.54, 1.807) is 11.3 Å². The first-order valence-corrected chi connectivity index (χ1v) is 7.63. The molecule has 1 unspecified atom stereocenters. The molecule has 0 radical (unpaired) electrons. The van der Waals surface area contributed by atoms with E-state index in [0.717, 1.165) is 10.9 Å². The number of carboxylic acids is 1. The van der Waals surface area contributed by atoms with E-state index in [1.807, 2.05) is 36.6 Å². The molecule has 0 aliphatic rings. The van der Waals surface area contributed by atoms with Gasteiger partial charge in [0.25, 0.3) is 0 Å². The van der Waals surface area contributed by atoms with Gasteiger partial charge in [-0.15, -0.1) is 11.3 Å². The minimum atomic E-state index is -0.902. The molecule has 0 bridgehead atoms. The lowest BCUT2D eigenvalue weighted by Crippen LogP contribution is -2.46. The topological polar surface area (TPSA) is 61.4 Å². The summed E-state index contributed by atoms with van der Waals surface area (Å²) in [4.78, 5) is 11.4. The van der Waals surface area contributed by atoms with E-state index in [4.69, 9.17) is 12.2 Å². The monoisotopic (exact) mass is 308 g/mol. The Morgan fingerprint density at radius 3 is 2.90 bits per heavy atom. The van der Waals surface area contributed by atoms with Gasteiger partial charge in [0.1, 0.15) is 6.04 Å². The highest BCUT2D eigenvalue weighted by atomic mass is 32.1. The van der Waals surface area contributed by atoms with Gasteiger partial charge >= 0.3 is 5.97 Å². The number of fused-ring (bicyclic) bond motifs is 1. The number of benzene rings is 1. The Bertz CT molecular complexity index is 624. The molecule has 0 saturated carbocycles. The average molecular weight is 308 g/mol. The molecule has 106 valence electrons. The standard InChI is InChI=1S/C14H16N2O2S2/c1-2-15-14(19)16-11(13(17)18)7-9-8-20-12-6-4-3-5-10(9)12/h3-6,8,11H,2,7H2,1H3,(H,17,18)(H2,15,16,19). The second-order valence-electron chi connectivity index (χ2n) is 4.36. The molecule has 2 rings (SSSR count). The van der Waals surface area contributed by atoms with Crippen molar-refractivity contribution in [2.75, 3.05) is 6.54 Å². The predicted octanol–water partition coefficient (Wildman–Crippen LogP) is 2.38. The first kappa shape index (κ1) is 14.7. The van der Waals surface area contributed by atoms with Crippen LogP contribution in [0.5, 0.6) is 0 Å². The molecule has 0 fully saturated rings. The Morgan fingerprint density at radius 2 is 2.20 bits per heavy atom. The lowest BCUT2D eigenvalue weighted by Gasteiger charge is -2.16. The van der Waals surface area contributed by atoms with Crippen LogP contribution in [-0.4, -0.2) is 28.8 Å². The summed E-state index contributed by atoms with van der Waals surface area (Å²) < 4.78 is 1.17. The number of nitrogens with one attached hydrogen (secondary N) is 2. The lowest BCUT2D eigenvalue weighted by atomic mass is 10.1.